The summed E-state index contributed by atoms with van der Waals surface area (Å²) < 4.78 is 21.0. The molecule has 11 heteroatoms. The van der Waals surface area contributed by atoms with Gasteiger partial charge in [0.1, 0.15) is 24.4 Å². The van der Waals surface area contributed by atoms with E-state index in [2.05, 4.69) is 20.3 Å². The number of halogens is 1. The molecule has 4 N–H and O–H groups in total. The Labute approximate surface area is 187 Å². The maximum Gasteiger partial charge on any atom is 0.167 e. The Morgan fingerprint density at radius 1 is 1.16 bits per heavy atom. The van der Waals surface area contributed by atoms with Gasteiger partial charge in [-0.15, -0.1) is 11.8 Å². The second kappa shape index (κ2) is 8.91. The normalized spacial score (nSPS) is 30.2. The topological polar surface area (TPSA) is 126 Å². The number of aliphatic hydroxyl groups is 3. The second-order valence-electron chi connectivity index (χ2n) is 8.11. The van der Waals surface area contributed by atoms with Crippen molar-refractivity contribution in [1.29, 1.82) is 0 Å². The van der Waals surface area contributed by atoms with Crippen LogP contribution in [0, 0.1) is 5.82 Å². The van der Waals surface area contributed by atoms with Gasteiger partial charge < -0.3 is 25.4 Å². The molecule has 2 aliphatic rings. The van der Waals surface area contributed by atoms with Crippen LogP contribution < -0.4 is 5.32 Å². The van der Waals surface area contributed by atoms with Crippen LogP contribution in [0.25, 0.3) is 11.2 Å². The lowest BCUT2D eigenvalue weighted by molar-refractivity contribution is -0.0289. The third-order valence-corrected chi connectivity index (χ3v) is 7.06. The summed E-state index contributed by atoms with van der Waals surface area (Å²) in [5.41, 5.74) is 0.944. The molecule has 0 bridgehead atoms. The lowest BCUT2D eigenvalue weighted by Crippen LogP contribution is -2.32. The maximum atomic E-state index is 13.4. The molecule has 5 rings (SSSR count). The van der Waals surface area contributed by atoms with Gasteiger partial charge in [0.05, 0.1) is 24.6 Å². The molecule has 0 unspecified atom stereocenters. The minimum atomic E-state index is -1.19. The number of benzene rings is 1. The smallest absolute Gasteiger partial charge is 0.167 e. The minimum absolute atomic E-state index is 0.0994. The number of nitrogens with one attached hydrogen (secondary N) is 1. The van der Waals surface area contributed by atoms with Crippen LogP contribution >= 0.6 is 11.8 Å². The molecule has 1 aromatic carbocycles. The molecule has 1 aliphatic heterocycles. The van der Waals surface area contributed by atoms with E-state index in [4.69, 9.17) is 4.74 Å². The van der Waals surface area contributed by atoms with E-state index in [1.165, 1.54) is 36.5 Å². The van der Waals surface area contributed by atoms with Crippen LogP contribution in [0.2, 0.25) is 0 Å². The van der Waals surface area contributed by atoms with E-state index in [0.717, 1.165) is 19.3 Å². The molecule has 0 amide bonds. The van der Waals surface area contributed by atoms with Gasteiger partial charge >= 0.3 is 0 Å². The number of aliphatic hydroxyl groups excluding tert-OH is 3. The first-order valence-electron chi connectivity index (χ1n) is 10.5. The Hall–Kier alpha value is -2.31. The molecule has 2 aromatic heterocycles. The Bertz CT molecular complexity index is 1100. The van der Waals surface area contributed by atoms with Crippen LogP contribution in [0.15, 0.2) is 41.8 Å². The van der Waals surface area contributed by atoms with Gasteiger partial charge in [0.15, 0.2) is 23.2 Å². The highest BCUT2D eigenvalue weighted by Crippen LogP contribution is 2.35. The van der Waals surface area contributed by atoms with E-state index < -0.39 is 30.6 Å². The van der Waals surface area contributed by atoms with Crippen molar-refractivity contribution in [3.63, 3.8) is 0 Å². The molecule has 6 atom stereocenters. The maximum absolute atomic E-state index is 13.4. The predicted octanol–water partition coefficient (Wildman–Crippen LogP) is 1.70. The van der Waals surface area contributed by atoms with Crippen LogP contribution in [0.3, 0.4) is 0 Å². The SMILES string of the molecule is O[C@@H]1[C@H](O)[C@@H](CSc2cccc(F)c2)O[C@@H]1n1cnc2c(N[C@@H]3CCC[C@H]3O)ncnc21. The van der Waals surface area contributed by atoms with Crippen LogP contribution in [0.1, 0.15) is 25.5 Å². The van der Waals surface area contributed by atoms with Crippen molar-refractivity contribution in [2.45, 2.75) is 60.8 Å². The summed E-state index contributed by atoms with van der Waals surface area (Å²) >= 11 is 1.34. The fourth-order valence-electron chi connectivity index (χ4n) is 4.26. The van der Waals surface area contributed by atoms with Crippen LogP contribution in [0.5, 0.6) is 0 Å². The number of aromatic nitrogens is 4. The molecule has 170 valence electrons. The highest BCUT2D eigenvalue weighted by atomic mass is 32.2. The number of rotatable bonds is 6. The zero-order valence-electron chi connectivity index (χ0n) is 17.1. The first-order chi connectivity index (χ1) is 15.5. The number of hydrogen-bond acceptors (Lipinski definition) is 9. The van der Waals surface area contributed by atoms with Gasteiger partial charge in [-0.05, 0) is 37.5 Å². The summed E-state index contributed by atoms with van der Waals surface area (Å²) in [5, 5.41) is 34.5. The molecule has 9 nitrogen and oxygen atoms in total. The number of hydrogen-bond donors (Lipinski definition) is 4. The predicted molar refractivity (Wildman–Crippen MR) is 116 cm³/mol. The monoisotopic (exact) mass is 461 g/mol. The van der Waals surface area contributed by atoms with Crippen molar-refractivity contribution in [3.8, 4) is 0 Å². The summed E-state index contributed by atoms with van der Waals surface area (Å²) in [5.74, 6) is 0.512. The standard InChI is InChI=1S/C21H24FN5O4S/c22-11-3-1-4-12(7-11)32-8-15-17(29)18(30)21(31-15)27-10-25-16-19(23-9-24-20(16)27)26-13-5-2-6-14(13)28/h1,3-4,7,9-10,13-15,17-18,21,28-30H,2,5-6,8H2,(H,23,24,26)/t13-,14-,15-,17-,18-,21+/m1/s1. The van der Waals surface area contributed by atoms with E-state index in [0.29, 0.717) is 27.6 Å². The molecule has 1 aliphatic carbocycles. The third-order valence-electron chi connectivity index (χ3n) is 5.98. The van der Waals surface area contributed by atoms with Gasteiger partial charge in [-0.3, -0.25) is 4.57 Å². The minimum Gasteiger partial charge on any atom is -0.391 e. The van der Waals surface area contributed by atoms with Crippen molar-refractivity contribution >= 4 is 28.7 Å². The first kappa shape index (κ1) is 21.5. The number of anilines is 1. The quantitative estimate of drug-likeness (QED) is 0.406. The molecular formula is C21H24FN5O4S. The molecular weight excluding hydrogens is 437 g/mol. The lowest BCUT2D eigenvalue weighted by atomic mass is 10.1. The summed E-state index contributed by atoms with van der Waals surface area (Å²) in [4.78, 5) is 13.7. The van der Waals surface area contributed by atoms with Crippen molar-refractivity contribution in [3.05, 3.63) is 42.7 Å². The number of thioether (sulfide) groups is 1. The van der Waals surface area contributed by atoms with Crippen LogP contribution in [0.4, 0.5) is 10.2 Å². The second-order valence-corrected chi connectivity index (χ2v) is 9.20. The van der Waals surface area contributed by atoms with Crippen LogP contribution in [-0.4, -0.2) is 71.0 Å². The number of imidazole rings is 1. The molecule has 3 aromatic rings. The Morgan fingerprint density at radius 2 is 2.03 bits per heavy atom. The van der Waals surface area contributed by atoms with Crippen LogP contribution in [-0.2, 0) is 4.74 Å². The zero-order valence-corrected chi connectivity index (χ0v) is 17.9. The zero-order chi connectivity index (χ0) is 22.2. The Balaban J connectivity index is 1.34. The van der Waals surface area contributed by atoms with Gasteiger partial charge in [0.2, 0.25) is 0 Å². The van der Waals surface area contributed by atoms with Gasteiger partial charge in [0.25, 0.3) is 0 Å². The molecule has 1 saturated carbocycles. The Kier molecular flexibility index (Phi) is 5.99. The lowest BCUT2D eigenvalue weighted by Gasteiger charge is -2.18. The van der Waals surface area contributed by atoms with E-state index in [1.54, 1.807) is 16.7 Å². The van der Waals surface area contributed by atoms with Crippen molar-refractivity contribution in [1.82, 2.24) is 19.5 Å². The third kappa shape index (κ3) is 4.06. The molecule has 0 radical (unpaired) electrons. The van der Waals surface area contributed by atoms with Gasteiger partial charge in [0, 0.05) is 10.6 Å². The average molecular weight is 462 g/mol. The average Bonchev–Trinajstić information content (AvgIpc) is 3.46. The van der Waals surface area contributed by atoms with Gasteiger partial charge in [-0.2, -0.15) is 0 Å². The summed E-state index contributed by atoms with van der Waals surface area (Å²) in [6.07, 6.45) is 1.13. The fourth-order valence-corrected chi connectivity index (χ4v) is 5.26. The molecule has 0 spiro atoms. The van der Waals surface area contributed by atoms with Gasteiger partial charge in [-0.1, -0.05) is 6.07 Å². The highest BCUT2D eigenvalue weighted by Gasteiger charge is 2.44. The Morgan fingerprint density at radius 3 is 2.81 bits per heavy atom. The summed E-state index contributed by atoms with van der Waals surface area (Å²) in [7, 11) is 0. The molecule has 3 heterocycles. The summed E-state index contributed by atoms with van der Waals surface area (Å²) in [6, 6.07) is 6.08. The van der Waals surface area contributed by atoms with E-state index >= 15 is 0 Å². The molecule has 32 heavy (non-hydrogen) atoms. The highest BCUT2D eigenvalue weighted by molar-refractivity contribution is 7.99. The summed E-state index contributed by atoms with van der Waals surface area (Å²) in [6.45, 7) is 0. The van der Waals surface area contributed by atoms with Crippen molar-refractivity contribution < 1.29 is 24.4 Å². The van der Waals surface area contributed by atoms with Crippen molar-refractivity contribution in [2.75, 3.05) is 11.1 Å². The van der Waals surface area contributed by atoms with E-state index in [9.17, 15) is 19.7 Å². The number of ether oxygens (including phenoxy) is 1. The van der Waals surface area contributed by atoms with Crippen molar-refractivity contribution in [2.24, 2.45) is 0 Å². The van der Waals surface area contributed by atoms with E-state index in [1.807, 2.05) is 0 Å². The van der Waals surface area contributed by atoms with E-state index in [-0.39, 0.29) is 11.9 Å². The number of nitrogens with zero attached hydrogens (tertiary/aromatic N) is 4. The number of fused-ring (bicyclic) bond motifs is 1. The largest absolute Gasteiger partial charge is 0.391 e. The molecule has 2 fully saturated rings. The fraction of sp³-hybridized carbons (Fsp3) is 0.476. The van der Waals surface area contributed by atoms with Gasteiger partial charge in [-0.25, -0.2) is 19.3 Å². The molecule has 1 saturated heterocycles. The first-order valence-corrected chi connectivity index (χ1v) is 11.5.